The zero-order chi connectivity index (χ0) is 15.8. The van der Waals surface area contributed by atoms with Gasteiger partial charge in [0.2, 0.25) is 0 Å². The van der Waals surface area contributed by atoms with Gasteiger partial charge in [0.15, 0.2) is 0 Å². The highest BCUT2D eigenvalue weighted by Gasteiger charge is 2.10. The Morgan fingerprint density at radius 2 is 1.77 bits per heavy atom. The number of nitrogens with zero attached hydrogens (tertiary/aromatic N) is 1. The Kier molecular flexibility index (Phi) is 5.78. The van der Waals surface area contributed by atoms with Crippen molar-refractivity contribution in [3.63, 3.8) is 0 Å². The van der Waals surface area contributed by atoms with Crippen molar-refractivity contribution in [1.82, 2.24) is 0 Å². The molecule has 2 aromatic rings. The number of benzene rings is 2. The van der Waals surface area contributed by atoms with E-state index in [0.717, 1.165) is 22.6 Å². The molecule has 0 radical (unpaired) electrons. The Hall–Kier alpha value is -2.55. The molecule has 0 saturated heterocycles. The fraction of sp³-hybridized carbons (Fsp3) is 0.211. The number of allylic oxidation sites excluding steroid dienone is 1. The predicted octanol–water partition coefficient (Wildman–Crippen LogP) is 4.55. The van der Waals surface area contributed by atoms with Crippen LogP contribution in [0.2, 0.25) is 0 Å². The monoisotopic (exact) mass is 295 g/mol. The Balaban J connectivity index is 2.09. The minimum absolute atomic E-state index is 0.00882. The molecular formula is C19H21NO2. The van der Waals surface area contributed by atoms with E-state index in [-0.39, 0.29) is 6.04 Å². The molecule has 2 aromatic carbocycles. The third kappa shape index (κ3) is 4.22. The first-order valence-electron chi connectivity index (χ1n) is 7.21. The van der Waals surface area contributed by atoms with E-state index in [2.05, 4.69) is 17.1 Å². The first-order chi connectivity index (χ1) is 10.7. The van der Waals surface area contributed by atoms with Gasteiger partial charge < -0.3 is 9.47 Å². The number of rotatable bonds is 6. The molecule has 0 aliphatic carbocycles. The predicted molar refractivity (Wildman–Crippen MR) is 91.9 cm³/mol. The molecule has 0 N–H and O–H groups in total. The Morgan fingerprint density at radius 1 is 1.00 bits per heavy atom. The topological polar surface area (TPSA) is 30.8 Å². The van der Waals surface area contributed by atoms with Gasteiger partial charge in [-0.2, -0.15) is 0 Å². The summed E-state index contributed by atoms with van der Waals surface area (Å²) in [7, 11) is 3.32. The largest absolute Gasteiger partial charge is 0.497 e. The number of hydrogen-bond acceptors (Lipinski definition) is 3. The van der Waals surface area contributed by atoms with Crippen molar-refractivity contribution in [3.8, 4) is 11.5 Å². The maximum absolute atomic E-state index is 5.39. The van der Waals surface area contributed by atoms with Gasteiger partial charge in [-0.15, -0.1) is 0 Å². The first-order valence-corrected chi connectivity index (χ1v) is 7.21. The Bertz CT molecular complexity index is 648. The van der Waals surface area contributed by atoms with Crippen LogP contribution in [0.4, 0.5) is 0 Å². The molecule has 0 aliphatic rings. The highest BCUT2D eigenvalue weighted by atomic mass is 16.5. The summed E-state index contributed by atoms with van der Waals surface area (Å²) >= 11 is 0. The van der Waals surface area contributed by atoms with Crippen LogP contribution in [-0.4, -0.2) is 20.4 Å². The average molecular weight is 295 g/mol. The van der Waals surface area contributed by atoms with Crippen molar-refractivity contribution in [2.24, 2.45) is 4.99 Å². The summed E-state index contributed by atoms with van der Waals surface area (Å²) < 4.78 is 10.7. The van der Waals surface area contributed by atoms with E-state index >= 15 is 0 Å². The van der Waals surface area contributed by atoms with Gasteiger partial charge in [0, 0.05) is 11.8 Å². The second-order valence-corrected chi connectivity index (χ2v) is 4.85. The highest BCUT2D eigenvalue weighted by Crippen LogP contribution is 2.30. The molecule has 1 atom stereocenters. The van der Waals surface area contributed by atoms with Gasteiger partial charge >= 0.3 is 0 Å². The summed E-state index contributed by atoms with van der Waals surface area (Å²) in [5.41, 5.74) is 2.16. The first kappa shape index (κ1) is 15.8. The number of aliphatic imine (C=N–C) groups is 1. The molecule has 114 valence electrons. The van der Waals surface area contributed by atoms with Gasteiger partial charge in [0.1, 0.15) is 11.5 Å². The van der Waals surface area contributed by atoms with Crippen molar-refractivity contribution < 1.29 is 9.47 Å². The van der Waals surface area contributed by atoms with E-state index in [1.54, 1.807) is 14.2 Å². The van der Waals surface area contributed by atoms with Gasteiger partial charge in [-0.3, -0.25) is 4.99 Å². The van der Waals surface area contributed by atoms with Gasteiger partial charge in [-0.1, -0.05) is 36.4 Å². The van der Waals surface area contributed by atoms with E-state index in [1.165, 1.54) is 0 Å². The van der Waals surface area contributed by atoms with Crippen molar-refractivity contribution in [2.75, 3.05) is 14.2 Å². The molecule has 2 rings (SSSR count). The van der Waals surface area contributed by atoms with Gasteiger partial charge in [-0.25, -0.2) is 0 Å². The highest BCUT2D eigenvalue weighted by molar-refractivity contribution is 5.78. The molecule has 0 heterocycles. The molecule has 0 unspecified atom stereocenters. The van der Waals surface area contributed by atoms with Crippen LogP contribution in [0.5, 0.6) is 11.5 Å². The van der Waals surface area contributed by atoms with Crippen LogP contribution >= 0.6 is 0 Å². The summed E-state index contributed by atoms with van der Waals surface area (Å²) in [6.07, 6.45) is 5.79. The Labute approximate surface area is 131 Å². The van der Waals surface area contributed by atoms with E-state index in [0.29, 0.717) is 0 Å². The smallest absolute Gasteiger partial charge is 0.124 e. The van der Waals surface area contributed by atoms with Gasteiger partial charge in [0.25, 0.3) is 0 Å². The summed E-state index contributed by atoms with van der Waals surface area (Å²) in [5.74, 6) is 1.62. The van der Waals surface area contributed by atoms with E-state index in [4.69, 9.17) is 9.47 Å². The molecule has 0 aromatic heterocycles. The lowest BCUT2D eigenvalue weighted by molar-refractivity contribution is 0.396. The van der Waals surface area contributed by atoms with Crippen LogP contribution in [0.15, 0.2) is 59.6 Å². The molecule has 3 nitrogen and oxygen atoms in total. The summed E-state index contributed by atoms with van der Waals surface area (Å²) in [4.78, 5) is 4.55. The van der Waals surface area contributed by atoms with Gasteiger partial charge in [0.05, 0.1) is 20.3 Å². The Morgan fingerprint density at radius 3 is 2.45 bits per heavy atom. The van der Waals surface area contributed by atoms with Crippen molar-refractivity contribution >= 4 is 12.3 Å². The van der Waals surface area contributed by atoms with Crippen LogP contribution < -0.4 is 9.47 Å². The fourth-order valence-electron chi connectivity index (χ4n) is 2.14. The van der Waals surface area contributed by atoms with E-state index in [1.807, 2.05) is 61.7 Å². The average Bonchev–Trinajstić information content (AvgIpc) is 2.58. The van der Waals surface area contributed by atoms with Crippen LogP contribution in [0.1, 0.15) is 24.1 Å². The zero-order valence-corrected chi connectivity index (χ0v) is 13.2. The minimum Gasteiger partial charge on any atom is -0.497 e. The van der Waals surface area contributed by atoms with Crippen molar-refractivity contribution in [3.05, 3.63) is 65.7 Å². The number of ether oxygens (including phenoxy) is 2. The quantitative estimate of drug-likeness (QED) is 0.732. The maximum atomic E-state index is 5.39. The molecule has 0 amide bonds. The maximum Gasteiger partial charge on any atom is 0.124 e. The summed E-state index contributed by atoms with van der Waals surface area (Å²) in [6, 6.07) is 15.9. The zero-order valence-electron chi connectivity index (χ0n) is 13.2. The molecule has 0 spiro atoms. The molecule has 0 bridgehead atoms. The third-order valence-corrected chi connectivity index (χ3v) is 3.37. The van der Waals surface area contributed by atoms with Crippen LogP contribution in [-0.2, 0) is 0 Å². The third-order valence-electron chi connectivity index (χ3n) is 3.37. The number of hydrogen-bond donors (Lipinski definition) is 0. The lowest BCUT2D eigenvalue weighted by atomic mass is 10.1. The second-order valence-electron chi connectivity index (χ2n) is 4.85. The molecular weight excluding hydrogens is 274 g/mol. The molecule has 3 heteroatoms. The van der Waals surface area contributed by atoms with Crippen molar-refractivity contribution in [2.45, 2.75) is 13.0 Å². The van der Waals surface area contributed by atoms with Gasteiger partial charge in [-0.05, 0) is 36.8 Å². The molecule has 0 saturated carbocycles. The number of methoxy groups -OCH3 is 2. The SMILES string of the molecule is COc1ccc(OC)c([C@@H](C)N=C/C=C/c2ccccc2)c1. The van der Waals surface area contributed by atoms with E-state index in [9.17, 15) is 0 Å². The van der Waals surface area contributed by atoms with E-state index < -0.39 is 0 Å². The molecule has 0 fully saturated rings. The standard InChI is InChI=1S/C19H21NO2/c1-15(18-14-17(21-2)11-12-19(18)22-3)20-13-7-10-16-8-5-4-6-9-16/h4-15H,1-3H3/b10-7+,20-13?/t15-/m1/s1. The fourth-order valence-corrected chi connectivity index (χ4v) is 2.14. The van der Waals surface area contributed by atoms with Crippen LogP contribution in [0.3, 0.4) is 0 Å². The summed E-state index contributed by atoms with van der Waals surface area (Å²) in [5, 5.41) is 0. The minimum atomic E-state index is -0.00882. The van der Waals surface area contributed by atoms with Crippen LogP contribution in [0.25, 0.3) is 6.08 Å². The molecule has 22 heavy (non-hydrogen) atoms. The second kappa shape index (κ2) is 8.03. The van der Waals surface area contributed by atoms with Crippen LogP contribution in [0, 0.1) is 0 Å². The lowest BCUT2D eigenvalue weighted by Crippen LogP contribution is -1.97. The van der Waals surface area contributed by atoms with Crippen molar-refractivity contribution in [1.29, 1.82) is 0 Å². The summed E-state index contributed by atoms with van der Waals surface area (Å²) in [6.45, 7) is 2.03. The lowest BCUT2D eigenvalue weighted by Gasteiger charge is -2.13. The molecule has 0 aliphatic heterocycles. The normalized spacial score (nSPS) is 12.7.